The maximum absolute atomic E-state index is 12.6. The van der Waals surface area contributed by atoms with Crippen molar-refractivity contribution in [3.8, 4) is 0 Å². The largest absolute Gasteiger partial charge is 0.416 e. The molecule has 0 atom stereocenters. The lowest BCUT2D eigenvalue weighted by atomic mass is 10.2. The van der Waals surface area contributed by atoms with E-state index < -0.39 is 11.7 Å². The van der Waals surface area contributed by atoms with Gasteiger partial charge in [-0.25, -0.2) is 0 Å². The molecule has 0 aliphatic carbocycles. The Bertz CT molecular complexity index is 653. The molecule has 2 aromatic carbocycles. The van der Waals surface area contributed by atoms with Crippen LogP contribution in [0.1, 0.15) is 11.1 Å². The highest BCUT2D eigenvalue weighted by Gasteiger charge is 2.30. The zero-order valence-electron chi connectivity index (χ0n) is 11.2. The molecular weight excluding hydrogens is 297 g/mol. The summed E-state index contributed by atoms with van der Waals surface area (Å²) in [5.74, 6) is 0. The SMILES string of the molecule is Cc1ccccc1NC(=S)Nc1cccc(C(F)(F)F)c1. The van der Waals surface area contributed by atoms with Gasteiger partial charge in [-0.15, -0.1) is 0 Å². The van der Waals surface area contributed by atoms with Crippen molar-refractivity contribution < 1.29 is 13.2 Å². The molecule has 0 saturated carbocycles. The first-order chi connectivity index (χ1) is 9.86. The van der Waals surface area contributed by atoms with Gasteiger partial charge < -0.3 is 10.6 Å². The van der Waals surface area contributed by atoms with Crippen LogP contribution in [-0.4, -0.2) is 5.11 Å². The number of benzene rings is 2. The fourth-order valence-corrected chi connectivity index (χ4v) is 2.00. The van der Waals surface area contributed by atoms with Crippen molar-refractivity contribution in [3.63, 3.8) is 0 Å². The van der Waals surface area contributed by atoms with Crippen LogP contribution in [0.4, 0.5) is 24.5 Å². The second kappa shape index (κ2) is 6.13. The molecule has 0 unspecified atom stereocenters. The van der Waals surface area contributed by atoms with Crippen LogP contribution >= 0.6 is 12.2 Å². The highest BCUT2D eigenvalue weighted by Crippen LogP contribution is 2.30. The fourth-order valence-electron chi connectivity index (χ4n) is 1.77. The summed E-state index contributed by atoms with van der Waals surface area (Å²) in [4.78, 5) is 0. The molecule has 0 fully saturated rings. The second-order valence-electron chi connectivity index (χ2n) is 4.47. The molecule has 0 aliphatic heterocycles. The van der Waals surface area contributed by atoms with Crippen LogP contribution in [0.5, 0.6) is 0 Å². The number of hydrogen-bond donors (Lipinski definition) is 2. The summed E-state index contributed by atoms with van der Waals surface area (Å²) in [6.07, 6.45) is -4.37. The third kappa shape index (κ3) is 4.19. The molecule has 0 aromatic heterocycles. The third-order valence-electron chi connectivity index (χ3n) is 2.84. The van der Waals surface area contributed by atoms with Crippen LogP contribution < -0.4 is 10.6 Å². The third-order valence-corrected chi connectivity index (χ3v) is 3.05. The molecule has 0 spiro atoms. The quantitative estimate of drug-likeness (QED) is 0.777. The lowest BCUT2D eigenvalue weighted by molar-refractivity contribution is -0.137. The molecule has 110 valence electrons. The van der Waals surface area contributed by atoms with Crippen LogP contribution in [0, 0.1) is 6.92 Å². The monoisotopic (exact) mass is 310 g/mol. The number of alkyl halides is 3. The minimum Gasteiger partial charge on any atom is -0.332 e. The standard InChI is InChI=1S/C15H13F3N2S/c1-10-5-2-3-8-13(10)20-14(21)19-12-7-4-6-11(9-12)15(16,17)18/h2-9H,1H3,(H2,19,20,21). The lowest BCUT2D eigenvalue weighted by Crippen LogP contribution is -2.20. The van der Waals surface area contributed by atoms with Gasteiger partial charge in [0, 0.05) is 11.4 Å². The van der Waals surface area contributed by atoms with Gasteiger partial charge >= 0.3 is 6.18 Å². The van der Waals surface area contributed by atoms with Gasteiger partial charge in [-0.05, 0) is 49.0 Å². The van der Waals surface area contributed by atoms with E-state index in [1.165, 1.54) is 12.1 Å². The Kier molecular flexibility index (Phi) is 4.47. The maximum Gasteiger partial charge on any atom is 0.416 e. The first-order valence-electron chi connectivity index (χ1n) is 6.17. The van der Waals surface area contributed by atoms with E-state index in [1.54, 1.807) is 0 Å². The van der Waals surface area contributed by atoms with Gasteiger partial charge in [0.05, 0.1) is 5.56 Å². The number of rotatable bonds is 2. The molecule has 0 bridgehead atoms. The van der Waals surface area contributed by atoms with Crippen LogP contribution in [0.2, 0.25) is 0 Å². The minimum absolute atomic E-state index is 0.239. The Hall–Kier alpha value is -2.08. The first kappa shape index (κ1) is 15.3. The molecule has 2 rings (SSSR count). The molecule has 0 amide bonds. The van der Waals surface area contributed by atoms with Crippen LogP contribution in [0.15, 0.2) is 48.5 Å². The summed E-state index contributed by atoms with van der Waals surface area (Å²) in [6.45, 7) is 1.91. The zero-order chi connectivity index (χ0) is 15.5. The Morgan fingerprint density at radius 3 is 2.38 bits per heavy atom. The van der Waals surface area contributed by atoms with Gasteiger partial charge in [-0.2, -0.15) is 13.2 Å². The molecule has 2 N–H and O–H groups in total. The summed E-state index contributed by atoms with van der Waals surface area (Å²) in [5.41, 5.74) is 1.37. The van der Waals surface area contributed by atoms with Crippen molar-refractivity contribution in [2.45, 2.75) is 13.1 Å². The van der Waals surface area contributed by atoms with Gasteiger partial charge in [-0.1, -0.05) is 24.3 Å². The first-order valence-corrected chi connectivity index (χ1v) is 6.58. The van der Waals surface area contributed by atoms with E-state index in [0.717, 1.165) is 23.4 Å². The number of hydrogen-bond acceptors (Lipinski definition) is 1. The normalized spacial score (nSPS) is 11.0. The number of anilines is 2. The molecule has 2 aromatic rings. The van der Waals surface area contributed by atoms with Gasteiger partial charge in [0.25, 0.3) is 0 Å². The summed E-state index contributed by atoms with van der Waals surface area (Å²) < 4.78 is 37.9. The molecule has 21 heavy (non-hydrogen) atoms. The minimum atomic E-state index is -4.37. The van der Waals surface area contributed by atoms with Gasteiger partial charge in [0.1, 0.15) is 0 Å². The fraction of sp³-hybridized carbons (Fsp3) is 0.133. The Morgan fingerprint density at radius 2 is 1.71 bits per heavy atom. The Morgan fingerprint density at radius 1 is 1.00 bits per heavy atom. The molecule has 0 aliphatic rings. The van der Waals surface area contributed by atoms with E-state index in [2.05, 4.69) is 10.6 Å². The van der Waals surface area contributed by atoms with E-state index in [4.69, 9.17) is 12.2 Å². The van der Waals surface area contributed by atoms with E-state index in [9.17, 15) is 13.2 Å². The Labute approximate surface area is 126 Å². The van der Waals surface area contributed by atoms with Crippen molar-refractivity contribution in [1.29, 1.82) is 0 Å². The predicted molar refractivity (Wildman–Crippen MR) is 82.5 cm³/mol. The maximum atomic E-state index is 12.6. The smallest absolute Gasteiger partial charge is 0.332 e. The van der Waals surface area contributed by atoms with Crippen molar-refractivity contribution in [1.82, 2.24) is 0 Å². The van der Waals surface area contributed by atoms with Crippen molar-refractivity contribution in [2.75, 3.05) is 10.6 Å². The summed E-state index contributed by atoms with van der Waals surface area (Å²) in [7, 11) is 0. The Balaban J connectivity index is 2.08. The van der Waals surface area contributed by atoms with Gasteiger partial charge in [-0.3, -0.25) is 0 Å². The van der Waals surface area contributed by atoms with E-state index in [1.807, 2.05) is 31.2 Å². The van der Waals surface area contributed by atoms with Crippen LogP contribution in [-0.2, 0) is 6.18 Å². The van der Waals surface area contributed by atoms with E-state index in [0.29, 0.717) is 0 Å². The van der Waals surface area contributed by atoms with Crippen molar-refractivity contribution in [2.24, 2.45) is 0 Å². The zero-order valence-corrected chi connectivity index (χ0v) is 12.0. The average Bonchev–Trinajstić information content (AvgIpc) is 2.41. The topological polar surface area (TPSA) is 24.1 Å². The average molecular weight is 310 g/mol. The molecule has 2 nitrogen and oxygen atoms in total. The molecule has 6 heteroatoms. The lowest BCUT2D eigenvalue weighted by Gasteiger charge is -2.13. The summed E-state index contributed by atoms with van der Waals surface area (Å²) in [5, 5.41) is 5.95. The molecule has 0 saturated heterocycles. The molecule has 0 heterocycles. The number of halogens is 3. The van der Waals surface area contributed by atoms with E-state index >= 15 is 0 Å². The molecule has 0 radical (unpaired) electrons. The number of para-hydroxylation sites is 1. The van der Waals surface area contributed by atoms with Crippen LogP contribution in [0.3, 0.4) is 0 Å². The van der Waals surface area contributed by atoms with Crippen molar-refractivity contribution >= 4 is 28.7 Å². The summed E-state index contributed by atoms with van der Waals surface area (Å²) in [6, 6.07) is 12.4. The van der Waals surface area contributed by atoms with E-state index in [-0.39, 0.29) is 10.8 Å². The number of nitrogens with one attached hydrogen (secondary N) is 2. The van der Waals surface area contributed by atoms with Crippen molar-refractivity contribution in [3.05, 3.63) is 59.7 Å². The highest BCUT2D eigenvalue weighted by molar-refractivity contribution is 7.80. The molecular formula is C15H13F3N2S. The highest BCUT2D eigenvalue weighted by atomic mass is 32.1. The predicted octanol–water partition coefficient (Wildman–Crippen LogP) is 4.82. The van der Waals surface area contributed by atoms with Gasteiger partial charge in [0.15, 0.2) is 5.11 Å². The number of thiocarbonyl (C=S) groups is 1. The summed E-state index contributed by atoms with van der Waals surface area (Å²) >= 11 is 5.11. The number of aryl methyl sites for hydroxylation is 1. The van der Waals surface area contributed by atoms with Gasteiger partial charge in [0.2, 0.25) is 0 Å². The second-order valence-corrected chi connectivity index (χ2v) is 4.88. The van der Waals surface area contributed by atoms with Crippen LogP contribution in [0.25, 0.3) is 0 Å².